The number of likely N-dealkylation sites (tertiary alicyclic amines) is 1. The number of pyridine rings is 1. The van der Waals surface area contributed by atoms with Crippen LogP contribution in [0, 0.1) is 0 Å². The van der Waals surface area contributed by atoms with E-state index >= 15 is 0 Å². The molecule has 3 amide bonds. The fourth-order valence-corrected chi connectivity index (χ4v) is 4.90. The van der Waals surface area contributed by atoms with Crippen molar-refractivity contribution in [3.8, 4) is 0 Å². The van der Waals surface area contributed by atoms with Gasteiger partial charge in [0, 0.05) is 36.3 Å². The summed E-state index contributed by atoms with van der Waals surface area (Å²) in [6.07, 6.45) is 1.61. The molecule has 9 nitrogen and oxygen atoms in total. The quantitative estimate of drug-likeness (QED) is 0.373. The van der Waals surface area contributed by atoms with E-state index in [9.17, 15) is 18.7 Å². The summed E-state index contributed by atoms with van der Waals surface area (Å²) >= 11 is 0. The average Bonchev–Trinajstić information content (AvgIpc) is 2.75. The monoisotopic (exact) mass is 469 g/mol. The number of nitrogens with one attached hydrogen (secondary N) is 3. The second-order valence-corrected chi connectivity index (χ2v) is 9.98. The lowest BCUT2D eigenvalue weighted by atomic mass is 10.1. The highest BCUT2D eigenvalue weighted by molar-refractivity contribution is 8.25. The average molecular weight is 470 g/mol. The summed E-state index contributed by atoms with van der Waals surface area (Å²) in [4.78, 5) is 30.7. The maximum atomic E-state index is 12.7. The number of hydrogen-bond donors (Lipinski definition) is 5. The van der Waals surface area contributed by atoms with E-state index in [1.54, 1.807) is 53.6 Å². The lowest BCUT2D eigenvalue weighted by Gasteiger charge is -2.39. The van der Waals surface area contributed by atoms with Gasteiger partial charge in [-0.25, -0.2) is 4.79 Å². The third kappa shape index (κ3) is 5.19. The molecule has 4 rings (SSSR count). The second kappa shape index (κ2) is 9.26. The van der Waals surface area contributed by atoms with E-state index < -0.39 is 10.8 Å². The molecular formula is C23H27N5O4S. The van der Waals surface area contributed by atoms with Crippen molar-refractivity contribution in [2.45, 2.75) is 30.8 Å². The SMILES string of the molecule is CC(C)NC(=O)NC1CN(C(=O)c2ccc(NS(O)(O)c3cccc4cccnc34)cc2)C1. The Kier molecular flexibility index (Phi) is 6.41. The van der Waals surface area contributed by atoms with Crippen LogP contribution >= 0.6 is 10.8 Å². The summed E-state index contributed by atoms with van der Waals surface area (Å²) in [6, 6.07) is 15.1. The van der Waals surface area contributed by atoms with Gasteiger partial charge in [0.25, 0.3) is 5.91 Å². The van der Waals surface area contributed by atoms with Gasteiger partial charge in [0.15, 0.2) is 0 Å². The third-order valence-corrected chi connectivity index (χ3v) is 6.68. The topological polar surface area (TPSA) is 127 Å². The normalized spacial score (nSPS) is 14.6. The summed E-state index contributed by atoms with van der Waals surface area (Å²) in [5.41, 5.74) is 1.46. The van der Waals surface area contributed by atoms with E-state index in [0.717, 1.165) is 5.39 Å². The first-order valence-corrected chi connectivity index (χ1v) is 12.1. The Labute approximate surface area is 193 Å². The molecule has 0 saturated carbocycles. The van der Waals surface area contributed by atoms with Crippen molar-refractivity contribution in [3.63, 3.8) is 0 Å². The number of fused-ring (bicyclic) bond motifs is 1. The van der Waals surface area contributed by atoms with E-state index in [-0.39, 0.29) is 24.0 Å². The van der Waals surface area contributed by atoms with Crippen molar-refractivity contribution in [2.75, 3.05) is 17.8 Å². The fourth-order valence-electron chi connectivity index (χ4n) is 3.61. The van der Waals surface area contributed by atoms with E-state index in [4.69, 9.17) is 0 Å². The maximum Gasteiger partial charge on any atom is 0.315 e. The van der Waals surface area contributed by atoms with Gasteiger partial charge in [-0.2, -0.15) is 0 Å². The van der Waals surface area contributed by atoms with Gasteiger partial charge in [0.2, 0.25) is 0 Å². The maximum absolute atomic E-state index is 12.7. The van der Waals surface area contributed by atoms with E-state index in [0.29, 0.717) is 34.8 Å². The highest BCUT2D eigenvalue weighted by atomic mass is 32.3. The predicted octanol–water partition coefficient (Wildman–Crippen LogP) is 3.90. The lowest BCUT2D eigenvalue weighted by Crippen LogP contribution is -2.62. The summed E-state index contributed by atoms with van der Waals surface area (Å²) in [5, 5.41) is 6.40. The van der Waals surface area contributed by atoms with Crippen LogP contribution in [-0.4, -0.2) is 56.1 Å². The highest BCUT2D eigenvalue weighted by Crippen LogP contribution is 2.50. The number of aromatic nitrogens is 1. The number of urea groups is 1. The number of rotatable bonds is 6. The van der Waals surface area contributed by atoms with E-state index in [2.05, 4.69) is 20.3 Å². The third-order valence-electron chi connectivity index (χ3n) is 5.22. The number of amides is 3. The van der Waals surface area contributed by atoms with Gasteiger partial charge in [0.05, 0.1) is 17.2 Å². The van der Waals surface area contributed by atoms with Gasteiger partial charge in [-0.1, -0.05) is 29.0 Å². The number of nitrogens with zero attached hydrogens (tertiary/aromatic N) is 2. The van der Waals surface area contributed by atoms with Crippen molar-refractivity contribution >= 4 is 39.3 Å². The zero-order chi connectivity index (χ0) is 23.6. The number of carbonyl (C=O) groups is 2. The zero-order valence-corrected chi connectivity index (χ0v) is 19.2. The summed E-state index contributed by atoms with van der Waals surface area (Å²) in [5.74, 6) is -0.145. The van der Waals surface area contributed by atoms with Crippen LogP contribution in [0.5, 0.6) is 0 Å². The number of anilines is 1. The first-order chi connectivity index (χ1) is 15.7. The van der Waals surface area contributed by atoms with Crippen molar-refractivity contribution in [1.29, 1.82) is 0 Å². The highest BCUT2D eigenvalue weighted by Gasteiger charge is 2.32. The Hall–Kier alpha value is -3.34. The molecule has 3 aromatic rings. The second-order valence-electron chi connectivity index (χ2n) is 8.24. The van der Waals surface area contributed by atoms with Crippen LogP contribution in [0.3, 0.4) is 0 Å². The molecule has 0 unspecified atom stereocenters. The van der Waals surface area contributed by atoms with Crippen molar-refractivity contribution < 1.29 is 18.7 Å². The molecular weight excluding hydrogens is 442 g/mol. The first kappa shape index (κ1) is 22.8. The van der Waals surface area contributed by atoms with E-state index in [1.165, 1.54) is 0 Å². The minimum atomic E-state index is -3.36. The van der Waals surface area contributed by atoms with Crippen molar-refractivity contribution in [1.82, 2.24) is 20.5 Å². The Bertz CT molecular complexity index is 1160. The number of para-hydroxylation sites is 1. The van der Waals surface area contributed by atoms with Crippen molar-refractivity contribution in [3.05, 3.63) is 66.4 Å². The van der Waals surface area contributed by atoms with Crippen LogP contribution < -0.4 is 15.4 Å². The summed E-state index contributed by atoms with van der Waals surface area (Å²) < 4.78 is 24.3. The number of carbonyl (C=O) groups excluding carboxylic acids is 2. The number of benzene rings is 2. The zero-order valence-electron chi connectivity index (χ0n) is 18.4. The van der Waals surface area contributed by atoms with Crippen LogP contribution in [0.1, 0.15) is 24.2 Å². The van der Waals surface area contributed by atoms with Gasteiger partial charge in [-0.05, 0) is 50.2 Å². The summed E-state index contributed by atoms with van der Waals surface area (Å²) in [7, 11) is -3.36. The standard InChI is InChI=1S/C23H27N5O4S/c1-15(2)25-23(30)26-19-13-28(14-19)22(29)17-8-10-18(11-9-17)27-33(31,32)20-7-3-5-16-6-4-12-24-21(16)20/h3-12,15,19,27,31-32H,13-14H2,1-2H3,(H2,25,26,30). The van der Waals surface area contributed by atoms with Crippen LogP contribution in [-0.2, 0) is 0 Å². The molecule has 1 saturated heterocycles. The van der Waals surface area contributed by atoms with Crippen LogP contribution in [0.15, 0.2) is 65.7 Å². The predicted molar refractivity (Wildman–Crippen MR) is 129 cm³/mol. The van der Waals surface area contributed by atoms with Crippen LogP contribution in [0.25, 0.3) is 10.9 Å². The molecule has 0 spiro atoms. The fraction of sp³-hybridized carbons (Fsp3) is 0.261. The minimum Gasteiger partial charge on any atom is -0.336 e. The minimum absolute atomic E-state index is 0.0465. The lowest BCUT2D eigenvalue weighted by molar-refractivity contribution is 0.0577. The molecule has 0 atom stereocenters. The molecule has 0 aliphatic carbocycles. The Morgan fingerprint density at radius 2 is 1.76 bits per heavy atom. The molecule has 0 bridgehead atoms. The van der Waals surface area contributed by atoms with Gasteiger partial charge >= 0.3 is 6.03 Å². The molecule has 1 fully saturated rings. The van der Waals surface area contributed by atoms with E-state index in [1.807, 2.05) is 26.0 Å². The van der Waals surface area contributed by atoms with Gasteiger partial charge in [-0.3, -0.25) is 23.6 Å². The van der Waals surface area contributed by atoms with Gasteiger partial charge in [-0.15, -0.1) is 0 Å². The van der Waals surface area contributed by atoms with Crippen LogP contribution in [0.4, 0.5) is 10.5 Å². The first-order valence-electron chi connectivity index (χ1n) is 10.6. The molecule has 33 heavy (non-hydrogen) atoms. The molecule has 2 heterocycles. The summed E-state index contributed by atoms with van der Waals surface area (Å²) in [6.45, 7) is 4.65. The van der Waals surface area contributed by atoms with Gasteiger partial charge in [0.1, 0.15) is 4.90 Å². The molecule has 1 aromatic heterocycles. The Balaban J connectivity index is 1.37. The molecule has 1 aliphatic rings. The smallest absolute Gasteiger partial charge is 0.315 e. The largest absolute Gasteiger partial charge is 0.336 e. The molecule has 1 aliphatic heterocycles. The molecule has 0 radical (unpaired) electrons. The van der Waals surface area contributed by atoms with Gasteiger partial charge < -0.3 is 15.5 Å². The molecule has 5 N–H and O–H groups in total. The van der Waals surface area contributed by atoms with Crippen LogP contribution in [0.2, 0.25) is 0 Å². The Morgan fingerprint density at radius 3 is 2.45 bits per heavy atom. The number of hydrogen-bond acceptors (Lipinski definition) is 6. The van der Waals surface area contributed by atoms with Crippen molar-refractivity contribution in [2.24, 2.45) is 0 Å². The Morgan fingerprint density at radius 1 is 1.06 bits per heavy atom. The molecule has 174 valence electrons. The molecule has 10 heteroatoms. The molecule has 2 aromatic carbocycles.